The van der Waals surface area contributed by atoms with Crippen LogP contribution in [-0.4, -0.2) is 15.1 Å². The minimum absolute atomic E-state index is 0.174. The summed E-state index contributed by atoms with van der Waals surface area (Å²) in [4.78, 5) is 16.9. The van der Waals surface area contributed by atoms with E-state index in [9.17, 15) is 9.00 Å². The highest BCUT2D eigenvalue weighted by molar-refractivity contribution is 7.84. The molecule has 25 heavy (non-hydrogen) atoms. The molecule has 2 aromatic heterocycles. The summed E-state index contributed by atoms with van der Waals surface area (Å²) in [6, 6.07) is 15.6. The van der Waals surface area contributed by atoms with Crippen molar-refractivity contribution >= 4 is 28.3 Å². The summed E-state index contributed by atoms with van der Waals surface area (Å²) in [5.41, 5.74) is 0.754. The van der Waals surface area contributed by atoms with Gasteiger partial charge in [-0.3, -0.25) is 14.0 Å². The number of amides is 1. The maximum absolute atomic E-state index is 12.3. The Morgan fingerprint density at radius 2 is 2.04 bits per heavy atom. The van der Waals surface area contributed by atoms with E-state index in [0.717, 1.165) is 5.69 Å². The second-order valence-corrected chi connectivity index (χ2v) is 7.10. The lowest BCUT2D eigenvalue weighted by molar-refractivity contribution is 0.0921. The van der Waals surface area contributed by atoms with Crippen molar-refractivity contribution in [3.8, 4) is 0 Å². The summed E-state index contributed by atoms with van der Waals surface area (Å²) in [5.74, 6) is 0.481. The predicted molar refractivity (Wildman–Crippen MR) is 95.7 cm³/mol. The number of hydrogen-bond acceptors (Lipinski definition) is 4. The van der Waals surface area contributed by atoms with Crippen LogP contribution in [0.2, 0.25) is 5.02 Å². The third kappa shape index (κ3) is 4.78. The Labute approximate surface area is 152 Å². The molecule has 2 heterocycles. The van der Waals surface area contributed by atoms with E-state index < -0.39 is 10.8 Å². The molecular weight excluding hydrogens is 360 g/mol. The molecule has 1 atom stereocenters. The Balaban J connectivity index is 1.60. The number of halogens is 1. The highest BCUT2D eigenvalue weighted by atomic mass is 35.5. The standard InChI is InChI=1S/C18H15ClN2O3S/c19-13-4-3-6-16(10-13)25(23)12-15-7-8-17(24-15)18(22)21-11-14-5-1-2-9-20-14/h1-10H,11-12H2,(H,21,22)/t25-/m0/s1. The lowest BCUT2D eigenvalue weighted by Crippen LogP contribution is -2.22. The number of nitrogens with zero attached hydrogens (tertiary/aromatic N) is 1. The van der Waals surface area contributed by atoms with Gasteiger partial charge in [0.2, 0.25) is 0 Å². The van der Waals surface area contributed by atoms with Crippen molar-refractivity contribution in [1.29, 1.82) is 0 Å². The summed E-state index contributed by atoms with van der Waals surface area (Å²) in [5, 5.41) is 3.26. The third-order valence-electron chi connectivity index (χ3n) is 3.37. The number of carbonyl (C=O) groups excluding carboxylic acids is 1. The lowest BCUT2D eigenvalue weighted by Gasteiger charge is -2.03. The maximum atomic E-state index is 12.3. The van der Waals surface area contributed by atoms with Gasteiger partial charge < -0.3 is 9.73 Å². The van der Waals surface area contributed by atoms with Crippen molar-refractivity contribution in [3.63, 3.8) is 0 Å². The van der Waals surface area contributed by atoms with Gasteiger partial charge in [-0.05, 0) is 42.5 Å². The minimum atomic E-state index is -1.30. The monoisotopic (exact) mass is 374 g/mol. The van der Waals surface area contributed by atoms with Crippen molar-refractivity contribution in [1.82, 2.24) is 10.3 Å². The van der Waals surface area contributed by atoms with E-state index in [2.05, 4.69) is 10.3 Å². The van der Waals surface area contributed by atoms with Crippen LogP contribution in [0, 0.1) is 0 Å². The highest BCUT2D eigenvalue weighted by Gasteiger charge is 2.14. The van der Waals surface area contributed by atoms with Gasteiger partial charge >= 0.3 is 0 Å². The second-order valence-electron chi connectivity index (χ2n) is 5.22. The molecule has 3 aromatic rings. The molecule has 0 aliphatic heterocycles. The van der Waals surface area contributed by atoms with Crippen LogP contribution in [0.1, 0.15) is 22.0 Å². The second kappa shape index (κ2) is 8.09. The molecule has 1 amide bonds. The Morgan fingerprint density at radius 3 is 2.80 bits per heavy atom. The fourth-order valence-electron chi connectivity index (χ4n) is 2.16. The van der Waals surface area contributed by atoms with E-state index in [4.69, 9.17) is 16.0 Å². The van der Waals surface area contributed by atoms with E-state index in [1.165, 1.54) is 0 Å². The van der Waals surface area contributed by atoms with Crippen molar-refractivity contribution in [2.24, 2.45) is 0 Å². The molecule has 0 fully saturated rings. The topological polar surface area (TPSA) is 72.2 Å². The van der Waals surface area contributed by atoms with E-state index >= 15 is 0 Å². The molecule has 5 nitrogen and oxygen atoms in total. The fraction of sp³-hybridized carbons (Fsp3) is 0.111. The van der Waals surface area contributed by atoms with Gasteiger partial charge in [0.05, 0.1) is 28.8 Å². The molecule has 0 aliphatic rings. The van der Waals surface area contributed by atoms with Crippen LogP contribution in [-0.2, 0) is 23.1 Å². The maximum Gasteiger partial charge on any atom is 0.287 e. The average Bonchev–Trinajstić information content (AvgIpc) is 3.09. The molecule has 0 aliphatic carbocycles. The fourth-order valence-corrected chi connectivity index (χ4v) is 3.48. The number of carbonyl (C=O) groups is 1. The van der Waals surface area contributed by atoms with Crippen LogP contribution in [0.25, 0.3) is 0 Å². The Hall–Kier alpha value is -2.44. The number of nitrogens with one attached hydrogen (secondary N) is 1. The third-order valence-corrected chi connectivity index (χ3v) is 4.94. The number of pyridine rings is 1. The largest absolute Gasteiger partial charge is 0.455 e. The molecule has 0 bridgehead atoms. The van der Waals surface area contributed by atoms with Gasteiger partial charge in [-0.1, -0.05) is 23.7 Å². The smallest absolute Gasteiger partial charge is 0.287 e. The Kier molecular flexibility index (Phi) is 5.63. The van der Waals surface area contributed by atoms with Crippen LogP contribution in [0.5, 0.6) is 0 Å². The number of furan rings is 1. The minimum Gasteiger partial charge on any atom is -0.455 e. The molecule has 0 spiro atoms. The van der Waals surface area contributed by atoms with Gasteiger partial charge in [-0.25, -0.2) is 0 Å². The molecule has 3 rings (SSSR count). The molecule has 7 heteroatoms. The first-order valence-electron chi connectivity index (χ1n) is 7.52. The van der Waals surface area contributed by atoms with Crippen molar-refractivity contribution in [2.75, 3.05) is 0 Å². The van der Waals surface area contributed by atoms with Gasteiger partial charge in [-0.15, -0.1) is 0 Å². The van der Waals surface area contributed by atoms with Gasteiger partial charge in [0.25, 0.3) is 5.91 Å². The summed E-state index contributed by atoms with van der Waals surface area (Å²) in [6.45, 7) is 0.310. The molecule has 0 saturated heterocycles. The van der Waals surface area contributed by atoms with Gasteiger partial charge in [0.15, 0.2) is 5.76 Å². The van der Waals surface area contributed by atoms with Crippen LogP contribution in [0.3, 0.4) is 0 Å². The summed E-state index contributed by atoms with van der Waals surface area (Å²) in [7, 11) is -1.30. The molecule has 0 radical (unpaired) electrons. The predicted octanol–water partition coefficient (Wildman–Crippen LogP) is 3.57. The van der Waals surface area contributed by atoms with Gasteiger partial charge in [-0.2, -0.15) is 0 Å². The Bertz CT molecular complexity index is 896. The lowest BCUT2D eigenvalue weighted by atomic mass is 10.3. The molecule has 0 unspecified atom stereocenters. The highest BCUT2D eigenvalue weighted by Crippen LogP contribution is 2.18. The first kappa shape index (κ1) is 17.4. The van der Waals surface area contributed by atoms with E-state index in [0.29, 0.717) is 22.2 Å². The van der Waals surface area contributed by atoms with Crippen molar-refractivity contribution < 1.29 is 13.4 Å². The number of aromatic nitrogens is 1. The van der Waals surface area contributed by atoms with Gasteiger partial charge in [0, 0.05) is 16.1 Å². The van der Waals surface area contributed by atoms with Crippen LogP contribution < -0.4 is 5.32 Å². The van der Waals surface area contributed by atoms with Crippen LogP contribution >= 0.6 is 11.6 Å². The molecule has 128 valence electrons. The first-order chi connectivity index (χ1) is 12.1. The number of hydrogen-bond donors (Lipinski definition) is 1. The zero-order chi connectivity index (χ0) is 17.6. The quantitative estimate of drug-likeness (QED) is 0.716. The number of rotatable bonds is 6. The van der Waals surface area contributed by atoms with Crippen LogP contribution in [0.4, 0.5) is 0 Å². The molecule has 1 aromatic carbocycles. The molecule has 1 N–H and O–H groups in total. The molecular formula is C18H15ClN2O3S. The van der Waals surface area contributed by atoms with Crippen molar-refractivity contribution in [3.05, 3.63) is 83.0 Å². The summed E-state index contributed by atoms with van der Waals surface area (Å²) < 4.78 is 17.8. The first-order valence-corrected chi connectivity index (χ1v) is 9.22. The Morgan fingerprint density at radius 1 is 1.16 bits per heavy atom. The van der Waals surface area contributed by atoms with Crippen LogP contribution in [0.15, 0.2) is 70.1 Å². The van der Waals surface area contributed by atoms with E-state index in [-0.39, 0.29) is 17.4 Å². The zero-order valence-corrected chi connectivity index (χ0v) is 14.7. The average molecular weight is 375 g/mol. The summed E-state index contributed by atoms with van der Waals surface area (Å²) >= 11 is 5.91. The van der Waals surface area contributed by atoms with E-state index in [1.807, 2.05) is 18.2 Å². The SMILES string of the molecule is O=C(NCc1ccccn1)c1ccc(C[S@](=O)c2cccc(Cl)c2)o1. The van der Waals surface area contributed by atoms with E-state index in [1.54, 1.807) is 42.6 Å². The summed E-state index contributed by atoms with van der Waals surface area (Å²) in [6.07, 6.45) is 1.66. The van der Waals surface area contributed by atoms with Crippen molar-refractivity contribution in [2.45, 2.75) is 17.2 Å². The molecule has 0 saturated carbocycles. The zero-order valence-electron chi connectivity index (χ0n) is 13.1. The van der Waals surface area contributed by atoms with Gasteiger partial charge in [0.1, 0.15) is 5.76 Å². The normalized spacial score (nSPS) is 11.9. The number of benzene rings is 1.